The van der Waals surface area contributed by atoms with Gasteiger partial charge in [0.05, 0.1) is 7.05 Å². The minimum Gasteiger partial charge on any atom is -1.00 e. The first-order valence-corrected chi connectivity index (χ1v) is 5.03. The van der Waals surface area contributed by atoms with Crippen LogP contribution in [0.1, 0.15) is 5.56 Å². The van der Waals surface area contributed by atoms with Gasteiger partial charge < -0.3 is 12.4 Å². The van der Waals surface area contributed by atoms with Crippen molar-refractivity contribution in [1.82, 2.24) is 4.57 Å². The lowest BCUT2D eigenvalue weighted by molar-refractivity contribution is -0.670. The molecule has 0 aliphatic carbocycles. The summed E-state index contributed by atoms with van der Waals surface area (Å²) < 4.78 is 4.12. The van der Waals surface area contributed by atoms with Crippen molar-refractivity contribution < 1.29 is 17.0 Å². The lowest BCUT2D eigenvalue weighted by atomic mass is 10.1. The quantitative estimate of drug-likeness (QED) is 0.478. The number of allylic oxidation sites excluding steroid dienone is 1. The highest BCUT2D eigenvalue weighted by Gasteiger charge is 2.02. The third-order valence-electron chi connectivity index (χ3n) is 2.38. The number of halogens is 1. The Morgan fingerprint density at radius 2 is 2.00 bits per heavy atom. The van der Waals surface area contributed by atoms with Crippen molar-refractivity contribution in [3.63, 3.8) is 0 Å². The number of benzene rings is 1. The van der Waals surface area contributed by atoms with Crippen LogP contribution in [0.25, 0.3) is 5.69 Å². The van der Waals surface area contributed by atoms with E-state index in [4.69, 9.17) is 0 Å². The third-order valence-corrected chi connectivity index (χ3v) is 2.38. The van der Waals surface area contributed by atoms with Crippen molar-refractivity contribution in [1.29, 1.82) is 0 Å². The summed E-state index contributed by atoms with van der Waals surface area (Å²) in [6, 6.07) is 8.52. The zero-order chi connectivity index (χ0) is 10.7. The van der Waals surface area contributed by atoms with Crippen molar-refractivity contribution in [2.45, 2.75) is 6.42 Å². The Hall–Kier alpha value is -1.54. The maximum atomic E-state index is 3.73. The van der Waals surface area contributed by atoms with Crippen molar-refractivity contribution in [3.05, 3.63) is 61.2 Å². The van der Waals surface area contributed by atoms with Gasteiger partial charge in [-0.1, -0.05) is 18.2 Å². The number of hydrogen-bond acceptors (Lipinski definition) is 0. The Morgan fingerprint density at radius 1 is 1.31 bits per heavy atom. The molecular formula is C13H15ClN2. The molecule has 84 valence electrons. The van der Waals surface area contributed by atoms with Crippen LogP contribution in [-0.2, 0) is 13.5 Å². The molecule has 0 saturated carbocycles. The molecule has 1 aromatic carbocycles. The Kier molecular flexibility index (Phi) is 4.32. The first kappa shape index (κ1) is 12.5. The zero-order valence-electron chi connectivity index (χ0n) is 9.31. The predicted molar refractivity (Wildman–Crippen MR) is 60.8 cm³/mol. The molecule has 0 saturated heterocycles. The monoisotopic (exact) mass is 234 g/mol. The molecule has 1 heterocycles. The molecule has 0 aliphatic rings. The molecule has 2 nitrogen and oxygen atoms in total. The summed E-state index contributed by atoms with van der Waals surface area (Å²) >= 11 is 0. The molecule has 0 amide bonds. The summed E-state index contributed by atoms with van der Waals surface area (Å²) in [5, 5.41) is 0. The molecule has 0 fully saturated rings. The van der Waals surface area contributed by atoms with Crippen LogP contribution in [0.2, 0.25) is 0 Å². The fraction of sp³-hybridized carbons (Fsp3) is 0.154. The van der Waals surface area contributed by atoms with Gasteiger partial charge in [0.2, 0.25) is 6.33 Å². The predicted octanol–water partition coefficient (Wildman–Crippen LogP) is -0.966. The average Bonchev–Trinajstić information content (AvgIpc) is 2.67. The first-order chi connectivity index (χ1) is 7.29. The standard InChI is InChI=1S/C13H15N2.ClH/c1-3-4-12-5-7-13(8-6-12)15-10-9-14(2)11-15;/h3,5-11H,1,4H2,2H3;1H/q+1;/p-1. The largest absolute Gasteiger partial charge is 1.00 e. The summed E-state index contributed by atoms with van der Waals surface area (Å²) in [5.41, 5.74) is 2.48. The van der Waals surface area contributed by atoms with E-state index in [0.29, 0.717) is 0 Å². The zero-order valence-corrected chi connectivity index (χ0v) is 10.1. The molecule has 0 aliphatic heterocycles. The van der Waals surface area contributed by atoms with E-state index in [1.54, 1.807) is 0 Å². The fourth-order valence-corrected chi connectivity index (χ4v) is 1.57. The number of imidazole rings is 1. The van der Waals surface area contributed by atoms with Crippen molar-refractivity contribution in [2.24, 2.45) is 7.05 Å². The van der Waals surface area contributed by atoms with Crippen LogP contribution in [-0.4, -0.2) is 4.57 Å². The topological polar surface area (TPSA) is 8.81 Å². The maximum Gasteiger partial charge on any atom is 0.248 e. The van der Waals surface area contributed by atoms with E-state index in [0.717, 1.165) is 6.42 Å². The van der Waals surface area contributed by atoms with Gasteiger partial charge in [-0.05, 0) is 24.1 Å². The second-order valence-corrected chi connectivity index (χ2v) is 3.65. The van der Waals surface area contributed by atoms with E-state index in [1.807, 2.05) is 36.4 Å². The Labute approximate surface area is 102 Å². The van der Waals surface area contributed by atoms with Gasteiger partial charge in [-0.25, -0.2) is 9.13 Å². The lowest BCUT2D eigenvalue weighted by Crippen LogP contribution is -3.00. The van der Waals surface area contributed by atoms with Gasteiger partial charge in [0.1, 0.15) is 18.1 Å². The lowest BCUT2D eigenvalue weighted by Gasteiger charge is -1.98. The van der Waals surface area contributed by atoms with Gasteiger partial charge in [0.25, 0.3) is 0 Å². The first-order valence-electron chi connectivity index (χ1n) is 5.03. The Morgan fingerprint density at radius 3 is 2.50 bits per heavy atom. The van der Waals surface area contributed by atoms with E-state index in [1.165, 1.54) is 11.3 Å². The summed E-state index contributed by atoms with van der Waals surface area (Å²) in [6.45, 7) is 3.73. The van der Waals surface area contributed by atoms with E-state index in [-0.39, 0.29) is 12.4 Å². The third kappa shape index (κ3) is 2.74. The van der Waals surface area contributed by atoms with Gasteiger partial charge in [-0.3, -0.25) is 0 Å². The van der Waals surface area contributed by atoms with Crippen LogP contribution in [0.5, 0.6) is 0 Å². The second-order valence-electron chi connectivity index (χ2n) is 3.65. The fourth-order valence-electron chi connectivity index (χ4n) is 1.57. The Bertz CT molecular complexity index is 457. The van der Waals surface area contributed by atoms with Crippen molar-refractivity contribution in [3.8, 4) is 5.69 Å². The van der Waals surface area contributed by atoms with E-state index in [9.17, 15) is 0 Å². The molecule has 2 rings (SSSR count). The van der Waals surface area contributed by atoms with E-state index < -0.39 is 0 Å². The van der Waals surface area contributed by atoms with Gasteiger partial charge in [0, 0.05) is 0 Å². The van der Waals surface area contributed by atoms with Gasteiger partial charge in [-0.2, -0.15) is 0 Å². The highest BCUT2D eigenvalue weighted by molar-refractivity contribution is 5.34. The van der Waals surface area contributed by atoms with E-state index in [2.05, 4.69) is 35.4 Å². The summed E-state index contributed by atoms with van der Waals surface area (Å²) in [5.74, 6) is 0. The SMILES string of the molecule is C=CCc1ccc(-n2cc[n+](C)c2)cc1.[Cl-]. The summed E-state index contributed by atoms with van der Waals surface area (Å²) in [6.07, 6.45) is 8.97. The minimum absolute atomic E-state index is 0. The van der Waals surface area contributed by atoms with Gasteiger partial charge in [0.15, 0.2) is 0 Å². The van der Waals surface area contributed by atoms with Crippen LogP contribution in [0.3, 0.4) is 0 Å². The van der Waals surface area contributed by atoms with Crippen LogP contribution in [0.15, 0.2) is 55.6 Å². The second kappa shape index (κ2) is 5.52. The van der Waals surface area contributed by atoms with Crippen LogP contribution < -0.4 is 17.0 Å². The van der Waals surface area contributed by atoms with Crippen LogP contribution in [0, 0.1) is 0 Å². The number of aryl methyl sites for hydroxylation is 1. The van der Waals surface area contributed by atoms with Crippen LogP contribution >= 0.6 is 0 Å². The molecule has 3 heteroatoms. The summed E-state index contributed by atoms with van der Waals surface area (Å²) in [4.78, 5) is 0. The number of rotatable bonds is 3. The normalized spacial score (nSPS) is 9.56. The van der Waals surface area contributed by atoms with Gasteiger partial charge >= 0.3 is 0 Å². The number of aromatic nitrogens is 2. The molecule has 0 bridgehead atoms. The Balaban J connectivity index is 0.00000128. The molecule has 0 N–H and O–H groups in total. The number of nitrogens with zero attached hydrogens (tertiary/aromatic N) is 2. The molecule has 0 atom stereocenters. The smallest absolute Gasteiger partial charge is 0.248 e. The minimum atomic E-state index is 0. The molecule has 0 unspecified atom stereocenters. The molecular weight excluding hydrogens is 220 g/mol. The number of hydrogen-bond donors (Lipinski definition) is 0. The molecule has 0 spiro atoms. The van der Waals surface area contributed by atoms with Gasteiger partial charge in [-0.15, -0.1) is 6.58 Å². The maximum absolute atomic E-state index is 3.73. The highest BCUT2D eigenvalue weighted by atomic mass is 35.5. The van der Waals surface area contributed by atoms with E-state index >= 15 is 0 Å². The molecule has 2 aromatic rings. The molecule has 1 aromatic heterocycles. The molecule has 16 heavy (non-hydrogen) atoms. The van der Waals surface area contributed by atoms with Crippen molar-refractivity contribution in [2.75, 3.05) is 0 Å². The highest BCUT2D eigenvalue weighted by Crippen LogP contribution is 2.09. The average molecular weight is 235 g/mol. The van der Waals surface area contributed by atoms with Crippen LogP contribution in [0.4, 0.5) is 0 Å². The summed E-state index contributed by atoms with van der Waals surface area (Å²) in [7, 11) is 2.02. The van der Waals surface area contributed by atoms with Crippen molar-refractivity contribution >= 4 is 0 Å². The molecule has 0 radical (unpaired) electrons.